The van der Waals surface area contributed by atoms with E-state index in [-0.39, 0.29) is 48.2 Å². The van der Waals surface area contributed by atoms with E-state index >= 15 is 0 Å². The molecule has 0 spiro atoms. The van der Waals surface area contributed by atoms with Gasteiger partial charge in [0.1, 0.15) is 0 Å². The van der Waals surface area contributed by atoms with Crippen molar-refractivity contribution < 1.29 is 121 Å². The van der Waals surface area contributed by atoms with Crippen LogP contribution in [0.4, 0.5) is 75.4 Å². The summed E-state index contributed by atoms with van der Waals surface area (Å²) in [7, 11) is 0. The van der Waals surface area contributed by atoms with Crippen LogP contribution in [0.1, 0.15) is 55.8 Å². The van der Waals surface area contributed by atoms with E-state index < -0.39 is 95.9 Å². The number of hydrogen-bond acceptors (Lipinski definition) is 14. The zero-order chi connectivity index (χ0) is 61.7. The van der Waals surface area contributed by atoms with Crippen molar-refractivity contribution in [3.63, 3.8) is 0 Å². The second-order valence-electron chi connectivity index (χ2n) is 15.7. The predicted molar refractivity (Wildman–Crippen MR) is 252 cm³/mol. The van der Waals surface area contributed by atoms with Crippen LogP contribution in [0, 0.1) is 0 Å². The maximum absolute atomic E-state index is 13.4. The summed E-state index contributed by atoms with van der Waals surface area (Å²) in [5, 5.41) is 39.2. The van der Waals surface area contributed by atoms with Crippen molar-refractivity contribution in [3.05, 3.63) is 118 Å². The lowest BCUT2D eigenvalue weighted by atomic mass is 9.83. The number of nitrogen functional groups attached to an aromatic ring is 2. The highest BCUT2D eigenvalue weighted by Crippen LogP contribution is 2.31. The number of ketones is 2. The van der Waals surface area contributed by atoms with Gasteiger partial charge in [-0.05, 0) is 84.6 Å². The number of carbonyl (C=O) groups excluding carboxylic acids is 6. The average Bonchev–Trinajstić information content (AvgIpc) is 3.34. The smallest absolute Gasteiger partial charge is 0.475 e. The predicted octanol–water partition coefficient (Wildman–Crippen LogP) is 4.19. The molecule has 80 heavy (non-hydrogen) atoms. The summed E-state index contributed by atoms with van der Waals surface area (Å²) in [4.78, 5) is 112. The fourth-order valence-electron chi connectivity index (χ4n) is 5.61. The maximum atomic E-state index is 13.4. The number of carboxylic acids is 4. The SMILES string of the molecule is Nc1ccc(CC(N)C(=O)NCCC(=O)Nc2ccc3c(c2)C(=O)c2ccc(NC(=O)CCNC(=O)C(N)Cc4ccc(N)cc4)cc2C3=O)cc1.O=C(O)C(F)(F)F.O=C(O)C(F)(F)F.O=C(O)C(F)(F)F.O=C(O)C(F)(F)F. The summed E-state index contributed by atoms with van der Waals surface area (Å²) >= 11 is 0. The highest BCUT2D eigenvalue weighted by Gasteiger charge is 2.40. The minimum absolute atomic E-state index is 0.0445. The number of amides is 4. The Labute approximate surface area is 440 Å². The van der Waals surface area contributed by atoms with Gasteiger partial charge in [0.2, 0.25) is 23.6 Å². The van der Waals surface area contributed by atoms with Gasteiger partial charge in [0.25, 0.3) is 0 Å². The van der Waals surface area contributed by atoms with Gasteiger partial charge < -0.3 is 64.6 Å². The maximum Gasteiger partial charge on any atom is 0.490 e. The van der Waals surface area contributed by atoms with Crippen molar-refractivity contribution in [2.45, 2.75) is 62.5 Å². The second-order valence-corrected chi connectivity index (χ2v) is 15.7. The molecule has 1 aliphatic carbocycles. The molecule has 0 saturated heterocycles. The molecule has 4 aromatic rings. The molecule has 0 aliphatic heterocycles. The number of rotatable bonds is 14. The van der Waals surface area contributed by atoms with Crippen molar-refractivity contribution >= 4 is 81.8 Å². The molecular formula is C46H44F12N8O14. The van der Waals surface area contributed by atoms with Crippen LogP contribution in [0.3, 0.4) is 0 Å². The first-order chi connectivity index (χ1) is 36.6. The first-order valence-corrected chi connectivity index (χ1v) is 21.6. The lowest BCUT2D eigenvalue weighted by molar-refractivity contribution is -0.193. The van der Waals surface area contributed by atoms with Gasteiger partial charge in [-0.1, -0.05) is 24.3 Å². The number of alkyl halides is 12. The van der Waals surface area contributed by atoms with Gasteiger partial charge in [0.15, 0.2) is 11.6 Å². The molecule has 16 N–H and O–H groups in total. The molecule has 1 aliphatic rings. The molecule has 2 atom stereocenters. The molecule has 4 amide bonds. The van der Waals surface area contributed by atoms with Crippen LogP contribution in [-0.4, -0.2) is 129 Å². The fourth-order valence-corrected chi connectivity index (χ4v) is 5.61. The van der Waals surface area contributed by atoms with E-state index in [1.807, 2.05) is 0 Å². The van der Waals surface area contributed by atoms with Crippen LogP contribution in [0.25, 0.3) is 0 Å². The number of benzene rings is 4. The number of nitrogens with two attached hydrogens (primary N) is 4. The van der Waals surface area contributed by atoms with Gasteiger partial charge in [-0.2, -0.15) is 52.7 Å². The minimum atomic E-state index is -5.08. The standard InChI is InChI=1S/C38H40N8O6.4C2HF3O2/c39-23-5-1-21(2-6-23)17-31(41)37(51)43-15-13-33(47)45-25-9-11-27-29(19-25)35(49)28-12-10-26(20-30(28)36(27)50)46-34(48)14-16-44-38(52)32(42)18-22-3-7-24(40)8-4-22;4*3-2(4,5)1(6)7/h1-12,19-20,31-32H,13-18,39-42H2,(H,43,51)(H,44,52)(H,45,47)(H,46,48);4*(H,6,7). The highest BCUT2D eigenvalue weighted by molar-refractivity contribution is 6.29. The molecule has 22 nitrogen and oxygen atoms in total. The van der Waals surface area contributed by atoms with Crippen LogP contribution in [-0.2, 0) is 51.2 Å². The van der Waals surface area contributed by atoms with Crippen molar-refractivity contribution in [2.24, 2.45) is 11.5 Å². The zero-order valence-electron chi connectivity index (χ0n) is 40.2. The number of carbonyl (C=O) groups is 10. The quantitative estimate of drug-likeness (QED) is 0.0548. The normalized spacial score (nSPS) is 12.3. The average molecular weight is 1160 g/mol. The van der Waals surface area contributed by atoms with Gasteiger partial charge in [-0.25, -0.2) is 19.2 Å². The molecule has 4 aromatic carbocycles. The summed E-state index contributed by atoms with van der Waals surface area (Å²) in [6, 6.07) is 21.3. The molecule has 0 fully saturated rings. The molecule has 0 heterocycles. The van der Waals surface area contributed by atoms with Gasteiger partial charge in [0, 0.05) is 70.9 Å². The Morgan fingerprint density at radius 2 is 0.675 bits per heavy atom. The molecule has 0 saturated carbocycles. The van der Waals surface area contributed by atoms with Gasteiger partial charge >= 0.3 is 48.6 Å². The van der Waals surface area contributed by atoms with Crippen LogP contribution < -0.4 is 44.2 Å². The van der Waals surface area contributed by atoms with Crippen molar-refractivity contribution in [3.8, 4) is 0 Å². The third-order valence-corrected chi connectivity index (χ3v) is 9.40. The van der Waals surface area contributed by atoms with E-state index in [1.54, 1.807) is 48.5 Å². The van der Waals surface area contributed by atoms with E-state index in [0.717, 1.165) is 11.1 Å². The first-order valence-electron chi connectivity index (χ1n) is 21.6. The van der Waals surface area contributed by atoms with Gasteiger partial charge in [0.05, 0.1) is 12.1 Å². The Morgan fingerprint density at radius 3 is 0.912 bits per heavy atom. The molecule has 0 bridgehead atoms. The van der Waals surface area contributed by atoms with Crippen LogP contribution in [0.5, 0.6) is 0 Å². The Hall–Kier alpha value is -9.34. The topological polar surface area (TPSA) is 404 Å². The molecule has 2 unspecified atom stereocenters. The van der Waals surface area contributed by atoms with Crippen molar-refractivity contribution in [1.29, 1.82) is 0 Å². The third kappa shape index (κ3) is 24.8. The van der Waals surface area contributed by atoms with E-state index in [0.29, 0.717) is 35.6 Å². The van der Waals surface area contributed by atoms with Crippen LogP contribution >= 0.6 is 0 Å². The summed E-state index contributed by atoms with van der Waals surface area (Å²) in [6.45, 7) is 0.0889. The molecule has 0 radical (unpaired) electrons. The fraction of sp³-hybridized carbons (Fsp3) is 0.261. The zero-order valence-corrected chi connectivity index (χ0v) is 40.2. The molecule has 0 aromatic heterocycles. The number of aliphatic carboxylic acids is 4. The molecular weight excluding hydrogens is 1120 g/mol. The number of carboxylic acid groups (broad SMARTS) is 4. The van der Waals surface area contributed by atoms with Crippen LogP contribution in [0.15, 0.2) is 84.9 Å². The Morgan fingerprint density at radius 1 is 0.425 bits per heavy atom. The van der Waals surface area contributed by atoms with E-state index in [1.165, 1.54) is 36.4 Å². The number of nitrogens with one attached hydrogen (secondary N) is 4. The minimum Gasteiger partial charge on any atom is -0.475 e. The molecule has 34 heteroatoms. The second kappa shape index (κ2) is 30.0. The number of hydrogen-bond donors (Lipinski definition) is 12. The lowest BCUT2D eigenvalue weighted by Gasteiger charge is -2.19. The Balaban J connectivity index is 0.000000932. The monoisotopic (exact) mass is 1160 g/mol. The number of halogens is 12. The summed E-state index contributed by atoms with van der Waals surface area (Å²) in [5.74, 6) is -13.5. The summed E-state index contributed by atoms with van der Waals surface area (Å²) in [5.41, 5.74) is 27.5. The highest BCUT2D eigenvalue weighted by atomic mass is 19.4. The summed E-state index contributed by atoms with van der Waals surface area (Å²) < 4.78 is 127. The van der Waals surface area contributed by atoms with Crippen molar-refractivity contribution in [2.75, 3.05) is 35.2 Å². The van der Waals surface area contributed by atoms with E-state index in [4.69, 9.17) is 62.5 Å². The Bertz CT molecular complexity index is 2640. The van der Waals surface area contributed by atoms with Crippen LogP contribution in [0.2, 0.25) is 0 Å². The van der Waals surface area contributed by atoms with E-state index in [9.17, 15) is 81.5 Å². The first kappa shape index (κ1) is 68.7. The van der Waals surface area contributed by atoms with E-state index in [2.05, 4.69) is 21.3 Å². The third-order valence-electron chi connectivity index (χ3n) is 9.40. The number of anilines is 4. The number of fused-ring (bicyclic) bond motifs is 2. The van der Waals surface area contributed by atoms with Crippen molar-refractivity contribution in [1.82, 2.24) is 10.6 Å². The largest absolute Gasteiger partial charge is 0.490 e. The Kier molecular flexibility index (Phi) is 25.7. The van der Waals surface area contributed by atoms with Gasteiger partial charge in [-0.3, -0.25) is 28.8 Å². The molecule has 5 rings (SSSR count). The lowest BCUT2D eigenvalue weighted by Crippen LogP contribution is -2.42. The summed E-state index contributed by atoms with van der Waals surface area (Å²) in [6.07, 6.45) is -19.8. The molecule has 436 valence electrons. The van der Waals surface area contributed by atoms with Gasteiger partial charge in [-0.15, -0.1) is 0 Å².